The number of esters is 1. The molecule has 5 nitrogen and oxygen atoms in total. The van der Waals surface area contributed by atoms with E-state index in [4.69, 9.17) is 15.2 Å². The summed E-state index contributed by atoms with van der Waals surface area (Å²) in [5.74, 6) is 0.748. The highest BCUT2D eigenvalue weighted by Crippen LogP contribution is 2.21. The van der Waals surface area contributed by atoms with Gasteiger partial charge < -0.3 is 15.2 Å². The highest BCUT2D eigenvalue weighted by Gasteiger charge is 2.24. The van der Waals surface area contributed by atoms with Crippen molar-refractivity contribution in [2.24, 2.45) is 11.7 Å². The van der Waals surface area contributed by atoms with E-state index in [1.807, 2.05) is 6.07 Å². The molecular weight excluding hydrogens is 330 g/mol. The fraction of sp³-hybridized carbons (Fsp3) is 0.429. The van der Waals surface area contributed by atoms with Gasteiger partial charge in [0.2, 0.25) is 0 Å². The number of carbonyl (C=O) groups excluding carboxylic acids is 2. The number of ether oxygens (including phenoxy) is 2. The van der Waals surface area contributed by atoms with Gasteiger partial charge in [0, 0.05) is 34.0 Å². The summed E-state index contributed by atoms with van der Waals surface area (Å²) in [6, 6.07) is 5.15. The van der Waals surface area contributed by atoms with E-state index in [-0.39, 0.29) is 12.1 Å². The second-order valence-corrected chi connectivity index (χ2v) is 6.89. The maximum atomic E-state index is 12.2. The molecule has 0 amide bonds. The lowest BCUT2D eigenvalue weighted by Gasteiger charge is -2.26. The molecule has 0 aliphatic heterocycles. The van der Waals surface area contributed by atoms with Crippen LogP contribution in [0.4, 0.5) is 0 Å². The third kappa shape index (κ3) is 4.22. The van der Waals surface area contributed by atoms with Crippen LogP contribution < -0.4 is 16.2 Å². The zero-order valence-corrected chi connectivity index (χ0v) is 15.7. The molecule has 2 unspecified atom stereocenters. The van der Waals surface area contributed by atoms with E-state index < -0.39 is 5.97 Å². The van der Waals surface area contributed by atoms with Gasteiger partial charge in [0.15, 0.2) is 6.29 Å². The normalized spacial score (nSPS) is 15.9. The molecule has 0 spiro atoms. The molecule has 0 radical (unpaired) electrons. The minimum atomic E-state index is -0.420. The number of carbonyl (C=O) groups is 2. The van der Waals surface area contributed by atoms with Crippen LogP contribution in [-0.2, 0) is 14.3 Å². The van der Waals surface area contributed by atoms with Crippen molar-refractivity contribution < 1.29 is 19.1 Å². The molecule has 2 rings (SSSR count). The van der Waals surface area contributed by atoms with Gasteiger partial charge in [-0.3, -0.25) is 4.79 Å². The summed E-state index contributed by atoms with van der Waals surface area (Å²) in [5, 5.41) is 1.33. The second-order valence-electron chi connectivity index (χ2n) is 6.89. The van der Waals surface area contributed by atoms with Crippen molar-refractivity contribution in [1.29, 1.82) is 0 Å². The fourth-order valence-electron chi connectivity index (χ4n) is 3.34. The zero-order valence-electron chi connectivity index (χ0n) is 15.7. The standard InChI is InChI=1S/C21H27NO4/c1-5-18(17(22)11-13(2)3)26-19-10-9-16(21(24)25-4)20-14(12-23)7-6-8-15(19)20/h5-8,12-13,17-18H,1,9-11,22H2,2-4H3. The van der Waals surface area contributed by atoms with Crippen LogP contribution in [0.2, 0.25) is 0 Å². The summed E-state index contributed by atoms with van der Waals surface area (Å²) in [7, 11) is 1.34. The lowest BCUT2D eigenvalue weighted by atomic mass is 9.94. The minimum Gasteiger partial charge on any atom is -0.488 e. The summed E-state index contributed by atoms with van der Waals surface area (Å²) < 4.78 is 11.1. The summed E-state index contributed by atoms with van der Waals surface area (Å²) in [6.45, 7) is 8.06. The van der Waals surface area contributed by atoms with E-state index in [2.05, 4.69) is 20.4 Å². The van der Waals surface area contributed by atoms with Crippen LogP contribution >= 0.6 is 0 Å². The first kappa shape index (κ1) is 19.9. The summed E-state index contributed by atoms with van der Waals surface area (Å²) in [4.78, 5) is 23.6. The summed E-state index contributed by atoms with van der Waals surface area (Å²) in [6.07, 6.45) is 3.93. The summed E-state index contributed by atoms with van der Waals surface area (Å²) in [5.41, 5.74) is 7.22. The first-order valence-corrected chi connectivity index (χ1v) is 8.86. The molecule has 5 heteroatoms. The van der Waals surface area contributed by atoms with Crippen LogP contribution in [0.25, 0.3) is 11.3 Å². The molecule has 1 aliphatic carbocycles. The second kappa shape index (κ2) is 8.81. The van der Waals surface area contributed by atoms with Crippen molar-refractivity contribution in [1.82, 2.24) is 0 Å². The molecule has 0 bridgehead atoms. The molecule has 0 saturated carbocycles. The molecule has 0 saturated heterocycles. The van der Waals surface area contributed by atoms with E-state index in [1.165, 1.54) is 7.11 Å². The Balaban J connectivity index is 2.58. The van der Waals surface area contributed by atoms with E-state index in [0.717, 1.165) is 23.7 Å². The number of methoxy groups -OCH3 is 1. The molecule has 0 fully saturated rings. The van der Waals surface area contributed by atoms with E-state index in [9.17, 15) is 9.59 Å². The highest BCUT2D eigenvalue weighted by molar-refractivity contribution is 6.11. The SMILES string of the molecule is C=CC(OC1=c2cccc(C=O)c2=C(C(=O)OC)CC1)C(N)CC(C)C. The molecule has 2 atom stereocenters. The lowest BCUT2D eigenvalue weighted by molar-refractivity contribution is -0.134. The Bertz CT molecular complexity index is 810. The van der Waals surface area contributed by atoms with Gasteiger partial charge in [0.05, 0.1) is 7.11 Å². The number of hydrogen-bond acceptors (Lipinski definition) is 5. The minimum absolute atomic E-state index is 0.177. The number of nitrogens with two attached hydrogens (primary N) is 1. The maximum Gasteiger partial charge on any atom is 0.334 e. The predicted molar refractivity (Wildman–Crippen MR) is 102 cm³/mol. The van der Waals surface area contributed by atoms with Gasteiger partial charge in [0.1, 0.15) is 11.9 Å². The first-order chi connectivity index (χ1) is 12.4. The van der Waals surface area contributed by atoms with Crippen molar-refractivity contribution >= 4 is 23.6 Å². The van der Waals surface area contributed by atoms with Gasteiger partial charge in [0.25, 0.3) is 0 Å². The largest absolute Gasteiger partial charge is 0.488 e. The number of benzene rings is 1. The van der Waals surface area contributed by atoms with Crippen LogP contribution in [0.15, 0.2) is 30.9 Å². The lowest BCUT2D eigenvalue weighted by Crippen LogP contribution is -2.41. The Labute approximate surface area is 154 Å². The van der Waals surface area contributed by atoms with Crippen molar-refractivity contribution in [3.8, 4) is 0 Å². The van der Waals surface area contributed by atoms with Gasteiger partial charge in [-0.15, -0.1) is 0 Å². The quantitative estimate of drug-likeness (QED) is 0.435. The Morgan fingerprint density at radius 1 is 1.35 bits per heavy atom. The van der Waals surface area contributed by atoms with Gasteiger partial charge >= 0.3 is 5.97 Å². The van der Waals surface area contributed by atoms with Crippen LogP contribution in [0.3, 0.4) is 0 Å². The van der Waals surface area contributed by atoms with Gasteiger partial charge in [-0.2, -0.15) is 0 Å². The van der Waals surface area contributed by atoms with Crippen LogP contribution in [-0.4, -0.2) is 31.5 Å². The third-order valence-electron chi connectivity index (χ3n) is 4.54. The van der Waals surface area contributed by atoms with E-state index in [0.29, 0.717) is 35.1 Å². The predicted octanol–water partition coefficient (Wildman–Crippen LogP) is 1.67. The maximum absolute atomic E-state index is 12.2. The molecule has 0 heterocycles. The van der Waals surface area contributed by atoms with E-state index >= 15 is 0 Å². The number of fused-ring (bicyclic) bond motifs is 1. The number of aldehydes is 1. The van der Waals surface area contributed by atoms with Crippen LogP contribution in [0.1, 0.15) is 43.5 Å². The molecule has 0 aromatic heterocycles. The van der Waals surface area contributed by atoms with Crippen LogP contribution in [0.5, 0.6) is 0 Å². The van der Waals surface area contributed by atoms with Crippen molar-refractivity contribution in [2.75, 3.05) is 7.11 Å². The van der Waals surface area contributed by atoms with Gasteiger partial charge in [-0.25, -0.2) is 4.79 Å². The van der Waals surface area contributed by atoms with Crippen molar-refractivity contribution in [3.63, 3.8) is 0 Å². The third-order valence-corrected chi connectivity index (χ3v) is 4.54. The highest BCUT2D eigenvalue weighted by atomic mass is 16.5. The van der Waals surface area contributed by atoms with Crippen molar-refractivity contribution in [2.45, 2.75) is 45.3 Å². The van der Waals surface area contributed by atoms with Gasteiger partial charge in [-0.05, 0) is 24.8 Å². The monoisotopic (exact) mass is 357 g/mol. The van der Waals surface area contributed by atoms with Crippen molar-refractivity contribution in [3.05, 3.63) is 46.9 Å². The van der Waals surface area contributed by atoms with Gasteiger partial charge in [-0.1, -0.05) is 38.6 Å². The average Bonchev–Trinajstić information content (AvgIpc) is 2.64. The molecule has 2 N–H and O–H groups in total. The fourth-order valence-corrected chi connectivity index (χ4v) is 3.34. The first-order valence-electron chi connectivity index (χ1n) is 8.86. The smallest absolute Gasteiger partial charge is 0.334 e. The number of rotatable bonds is 8. The molecular formula is C21H27NO4. The Morgan fingerprint density at radius 3 is 2.65 bits per heavy atom. The average molecular weight is 357 g/mol. The molecule has 1 aliphatic rings. The van der Waals surface area contributed by atoms with E-state index in [1.54, 1.807) is 18.2 Å². The Kier molecular flexibility index (Phi) is 6.75. The molecule has 1 aromatic carbocycles. The molecule has 140 valence electrons. The van der Waals surface area contributed by atoms with Crippen LogP contribution in [0, 0.1) is 5.92 Å². The topological polar surface area (TPSA) is 78.6 Å². The Hall–Kier alpha value is -2.40. The summed E-state index contributed by atoms with van der Waals surface area (Å²) >= 11 is 0. The Morgan fingerprint density at radius 2 is 2.08 bits per heavy atom. The number of hydrogen-bond donors (Lipinski definition) is 1. The zero-order chi connectivity index (χ0) is 19.3. The molecule has 26 heavy (non-hydrogen) atoms. The molecule has 1 aromatic rings.